The van der Waals surface area contributed by atoms with Crippen LogP contribution in [0.5, 0.6) is 0 Å². The maximum Gasteiger partial charge on any atom is 0.324 e. The molecule has 0 saturated heterocycles. The van der Waals surface area contributed by atoms with E-state index in [1.54, 1.807) is 32.1 Å². The highest BCUT2D eigenvalue weighted by Gasteiger charge is 2.57. The van der Waals surface area contributed by atoms with Crippen molar-refractivity contribution in [2.24, 2.45) is 41.4 Å². The summed E-state index contributed by atoms with van der Waals surface area (Å²) in [7, 11) is -1.53. The predicted octanol–water partition coefficient (Wildman–Crippen LogP) is 5.16. The molecule has 0 aromatic heterocycles. The lowest BCUT2D eigenvalue weighted by Crippen LogP contribution is -2.41. The molecule has 0 aromatic carbocycles. The molecule has 0 N–H and O–H groups in total. The third-order valence-corrected chi connectivity index (χ3v) is 11.3. The molecule has 4 aliphatic carbocycles. The summed E-state index contributed by atoms with van der Waals surface area (Å²) in [5.41, 5.74) is 0.754. The summed E-state index contributed by atoms with van der Waals surface area (Å²) in [6.45, 7) is 8.40. The van der Waals surface area contributed by atoms with Gasteiger partial charge in [0.15, 0.2) is 0 Å². The predicted molar refractivity (Wildman–Crippen MR) is 101 cm³/mol. The lowest BCUT2D eigenvalue weighted by atomic mass is 9.66. The first kappa shape index (κ1) is 17.5. The van der Waals surface area contributed by atoms with Gasteiger partial charge in [-0.25, -0.2) is 0 Å². The molecule has 0 aliphatic heterocycles. The quantitative estimate of drug-likeness (QED) is 0.563. The van der Waals surface area contributed by atoms with Crippen molar-refractivity contribution in [1.29, 1.82) is 0 Å². The second-order valence-electron chi connectivity index (χ2n) is 9.18. The van der Waals surface area contributed by atoms with Crippen LogP contribution in [0.2, 0.25) is 5.54 Å². The minimum atomic E-state index is -1.53. The lowest BCUT2D eigenvalue weighted by molar-refractivity contribution is 0.0845. The smallest absolute Gasteiger partial charge is 0.324 e. The van der Waals surface area contributed by atoms with Gasteiger partial charge in [-0.05, 0) is 93.8 Å². The Labute approximate surface area is 150 Å². The van der Waals surface area contributed by atoms with Gasteiger partial charge in [0.1, 0.15) is 0 Å². The highest BCUT2D eigenvalue weighted by atomic mass is 28.3. The molecule has 4 rings (SSSR count). The number of rotatable bonds is 8. The van der Waals surface area contributed by atoms with Gasteiger partial charge in [0.05, 0.1) is 0 Å². The van der Waals surface area contributed by atoms with E-state index in [1.165, 1.54) is 19.3 Å². The molecule has 8 unspecified atom stereocenters. The fraction of sp³-hybridized carbons (Fsp3) is 1.00. The largest absolute Gasteiger partial charge is 0.397 e. The standard InChI is InChI=1S/C21H38O2Si/c1-4-19(24(22-5-2)23-6-3)21-17-10-9-16(13-17)20(21)18-12-14-7-8-15(18)11-14/h14-21,24H,4-13H2,1-3H3. The van der Waals surface area contributed by atoms with Crippen LogP contribution in [-0.4, -0.2) is 22.5 Å². The third kappa shape index (κ3) is 2.93. The van der Waals surface area contributed by atoms with E-state index in [1.807, 2.05) is 0 Å². The Morgan fingerprint density at radius 2 is 1.54 bits per heavy atom. The average molecular weight is 351 g/mol. The molecule has 0 radical (unpaired) electrons. The van der Waals surface area contributed by atoms with Crippen LogP contribution >= 0.6 is 0 Å². The molecule has 4 saturated carbocycles. The topological polar surface area (TPSA) is 18.5 Å². The molecule has 138 valence electrons. The normalized spacial score (nSPS) is 44.8. The number of hydrogen-bond donors (Lipinski definition) is 0. The van der Waals surface area contributed by atoms with Crippen LogP contribution in [0.3, 0.4) is 0 Å². The zero-order chi connectivity index (χ0) is 16.7. The second kappa shape index (κ2) is 7.40. The first-order chi connectivity index (χ1) is 11.8. The number of hydrogen-bond acceptors (Lipinski definition) is 2. The summed E-state index contributed by atoms with van der Waals surface area (Å²) in [4.78, 5) is 0. The molecule has 2 nitrogen and oxygen atoms in total. The van der Waals surface area contributed by atoms with Crippen LogP contribution in [0.25, 0.3) is 0 Å². The van der Waals surface area contributed by atoms with E-state index in [2.05, 4.69) is 20.8 Å². The minimum absolute atomic E-state index is 0.754. The van der Waals surface area contributed by atoms with Gasteiger partial charge >= 0.3 is 9.28 Å². The van der Waals surface area contributed by atoms with E-state index in [0.717, 1.165) is 60.2 Å². The van der Waals surface area contributed by atoms with E-state index in [-0.39, 0.29) is 0 Å². The van der Waals surface area contributed by atoms with Gasteiger partial charge in [-0.15, -0.1) is 0 Å². The van der Waals surface area contributed by atoms with Crippen LogP contribution in [0.4, 0.5) is 0 Å². The zero-order valence-corrected chi connectivity index (χ0v) is 17.2. The molecule has 24 heavy (non-hydrogen) atoms. The highest BCUT2D eigenvalue weighted by molar-refractivity contribution is 6.46. The first-order valence-corrected chi connectivity index (χ1v) is 12.6. The molecule has 0 spiro atoms. The summed E-state index contributed by atoms with van der Waals surface area (Å²) in [5.74, 6) is 7.26. The van der Waals surface area contributed by atoms with Gasteiger partial charge in [0.25, 0.3) is 0 Å². The van der Waals surface area contributed by atoms with Gasteiger partial charge in [-0.1, -0.05) is 19.8 Å². The van der Waals surface area contributed by atoms with E-state index in [9.17, 15) is 0 Å². The maximum absolute atomic E-state index is 6.25. The van der Waals surface area contributed by atoms with Crippen LogP contribution in [0.15, 0.2) is 0 Å². The summed E-state index contributed by atoms with van der Waals surface area (Å²) in [6, 6.07) is 0. The van der Waals surface area contributed by atoms with Gasteiger partial charge in [-0.2, -0.15) is 0 Å². The Morgan fingerprint density at radius 1 is 0.833 bits per heavy atom. The Kier molecular flexibility index (Phi) is 5.41. The summed E-state index contributed by atoms with van der Waals surface area (Å²) in [6.07, 6.45) is 12.1. The fourth-order valence-corrected chi connectivity index (χ4v) is 10.3. The molecule has 0 aromatic rings. The third-order valence-electron chi connectivity index (χ3n) is 8.31. The van der Waals surface area contributed by atoms with Crippen LogP contribution in [0.1, 0.15) is 72.1 Å². The van der Waals surface area contributed by atoms with Crippen molar-refractivity contribution in [3.63, 3.8) is 0 Å². The van der Waals surface area contributed by atoms with Gasteiger partial charge in [0, 0.05) is 18.8 Å². The Hall–Kier alpha value is 0.137. The summed E-state index contributed by atoms with van der Waals surface area (Å²) < 4.78 is 12.5. The second-order valence-corrected chi connectivity index (χ2v) is 11.4. The lowest BCUT2D eigenvalue weighted by Gasteiger charge is -2.43. The first-order valence-electron chi connectivity index (χ1n) is 11.0. The van der Waals surface area contributed by atoms with Crippen molar-refractivity contribution in [2.75, 3.05) is 13.2 Å². The van der Waals surface area contributed by atoms with E-state index >= 15 is 0 Å². The maximum atomic E-state index is 6.25. The van der Waals surface area contributed by atoms with E-state index in [0.29, 0.717) is 0 Å². The van der Waals surface area contributed by atoms with Crippen molar-refractivity contribution in [3.05, 3.63) is 0 Å². The number of fused-ring (bicyclic) bond motifs is 4. The minimum Gasteiger partial charge on any atom is -0.397 e. The van der Waals surface area contributed by atoms with Gasteiger partial charge < -0.3 is 8.85 Å². The molecule has 4 aliphatic rings. The summed E-state index contributed by atoms with van der Waals surface area (Å²) in [5, 5.41) is 0. The van der Waals surface area contributed by atoms with Crippen LogP contribution in [-0.2, 0) is 8.85 Å². The molecule has 3 heteroatoms. The van der Waals surface area contributed by atoms with Gasteiger partial charge in [-0.3, -0.25) is 0 Å². The van der Waals surface area contributed by atoms with Crippen molar-refractivity contribution < 1.29 is 8.85 Å². The monoisotopic (exact) mass is 350 g/mol. The molecule has 4 fully saturated rings. The van der Waals surface area contributed by atoms with E-state index < -0.39 is 9.28 Å². The van der Waals surface area contributed by atoms with Crippen molar-refractivity contribution in [2.45, 2.75) is 77.7 Å². The average Bonchev–Trinajstić information content (AvgIpc) is 3.36. The molecule has 4 bridgehead atoms. The van der Waals surface area contributed by atoms with Crippen molar-refractivity contribution in [1.82, 2.24) is 0 Å². The molecule has 0 heterocycles. The summed E-state index contributed by atoms with van der Waals surface area (Å²) >= 11 is 0. The van der Waals surface area contributed by atoms with Crippen molar-refractivity contribution >= 4 is 9.28 Å². The van der Waals surface area contributed by atoms with E-state index in [4.69, 9.17) is 8.85 Å². The SMILES string of the molecule is CCO[SiH](OCC)C(CC)C1C2CCC(C2)C1C1CC2CCC1C2. The fourth-order valence-electron chi connectivity index (χ4n) is 7.69. The Balaban J connectivity index is 1.56. The van der Waals surface area contributed by atoms with Crippen molar-refractivity contribution in [3.8, 4) is 0 Å². The van der Waals surface area contributed by atoms with Crippen LogP contribution in [0, 0.1) is 41.4 Å². The Bertz CT molecular complexity index is 422. The zero-order valence-electron chi connectivity index (χ0n) is 16.1. The van der Waals surface area contributed by atoms with Gasteiger partial charge in [0.2, 0.25) is 0 Å². The Morgan fingerprint density at radius 3 is 2.12 bits per heavy atom. The molecular weight excluding hydrogens is 312 g/mol. The molecule has 0 amide bonds. The van der Waals surface area contributed by atoms with Crippen LogP contribution < -0.4 is 0 Å². The molecular formula is C21H38O2Si. The molecule has 8 atom stereocenters. The highest BCUT2D eigenvalue weighted by Crippen LogP contribution is 2.65.